The summed E-state index contributed by atoms with van der Waals surface area (Å²) in [5.74, 6) is 0.259. The van der Waals surface area contributed by atoms with Gasteiger partial charge in [0.1, 0.15) is 5.78 Å². The zero-order valence-electron chi connectivity index (χ0n) is 11.8. The van der Waals surface area contributed by atoms with Crippen LogP contribution in [-0.2, 0) is 11.2 Å². The number of Topliss-reactive ketones (excluding diaryl/α,β-unsaturated/α-hetero) is 1. The molecule has 0 radical (unpaired) electrons. The Kier molecular flexibility index (Phi) is 6.58. The van der Waals surface area contributed by atoms with Crippen molar-refractivity contribution in [3.05, 3.63) is 48.3 Å². The number of aromatic nitrogens is 2. The first-order chi connectivity index (χ1) is 9.17. The summed E-state index contributed by atoms with van der Waals surface area (Å²) >= 11 is 0. The number of aromatic amines is 1. The van der Waals surface area contributed by atoms with Crippen LogP contribution >= 0.6 is 0 Å². The van der Waals surface area contributed by atoms with Crippen LogP contribution in [0.2, 0.25) is 0 Å². The van der Waals surface area contributed by atoms with Crippen LogP contribution in [-0.4, -0.2) is 16.0 Å². The van der Waals surface area contributed by atoms with Gasteiger partial charge in [-0.2, -0.15) is 5.10 Å². The molecule has 0 saturated carbocycles. The molecule has 3 nitrogen and oxygen atoms in total. The van der Waals surface area contributed by atoms with E-state index in [-0.39, 0.29) is 5.78 Å². The molecule has 1 N–H and O–H groups in total. The highest BCUT2D eigenvalue weighted by Gasteiger charge is 2.04. The smallest absolute Gasteiger partial charge is 0.129 e. The minimum absolute atomic E-state index is 0.259. The molecule has 1 aromatic heterocycles. The van der Waals surface area contributed by atoms with Crippen molar-refractivity contribution in [1.82, 2.24) is 10.2 Å². The second-order valence-electron chi connectivity index (χ2n) is 4.55. The molecule has 0 spiro atoms. The highest BCUT2D eigenvalue weighted by Crippen LogP contribution is 2.16. The number of allylic oxidation sites excluding steroid dienone is 5. The summed E-state index contributed by atoms with van der Waals surface area (Å²) in [5, 5.41) is 7.36. The van der Waals surface area contributed by atoms with Crippen molar-refractivity contribution in [2.45, 2.75) is 39.5 Å². The summed E-state index contributed by atoms with van der Waals surface area (Å²) in [7, 11) is 0. The number of nitrogens with one attached hydrogen (secondary N) is 1. The molecule has 0 fully saturated rings. The van der Waals surface area contributed by atoms with Gasteiger partial charge in [-0.3, -0.25) is 5.10 Å². The molecule has 0 amide bonds. The normalized spacial score (nSPS) is 12.0. The summed E-state index contributed by atoms with van der Waals surface area (Å²) < 4.78 is 0. The number of ketones is 1. The average molecular weight is 258 g/mol. The van der Waals surface area contributed by atoms with E-state index < -0.39 is 0 Å². The van der Waals surface area contributed by atoms with E-state index in [1.54, 1.807) is 13.0 Å². The van der Waals surface area contributed by atoms with Gasteiger partial charge in [0.05, 0.1) is 5.69 Å². The van der Waals surface area contributed by atoms with Gasteiger partial charge in [0.25, 0.3) is 0 Å². The van der Waals surface area contributed by atoms with Crippen molar-refractivity contribution >= 4 is 11.4 Å². The number of H-pyrrole nitrogens is 1. The molecule has 0 aliphatic heterocycles. The number of hydrogen-bond acceptors (Lipinski definition) is 2. The van der Waals surface area contributed by atoms with Gasteiger partial charge in [0, 0.05) is 17.7 Å². The molecule has 0 bridgehead atoms. The van der Waals surface area contributed by atoms with Crippen LogP contribution in [0.5, 0.6) is 0 Å². The molecule has 19 heavy (non-hydrogen) atoms. The molecular weight excluding hydrogens is 236 g/mol. The van der Waals surface area contributed by atoms with Crippen LogP contribution in [0.4, 0.5) is 0 Å². The molecule has 0 atom stereocenters. The maximum absolute atomic E-state index is 10.8. The van der Waals surface area contributed by atoms with Crippen LogP contribution in [0.3, 0.4) is 0 Å². The van der Waals surface area contributed by atoms with E-state index >= 15 is 0 Å². The van der Waals surface area contributed by atoms with Crippen molar-refractivity contribution in [3.63, 3.8) is 0 Å². The van der Waals surface area contributed by atoms with Gasteiger partial charge in [0.15, 0.2) is 0 Å². The topological polar surface area (TPSA) is 45.8 Å². The lowest BCUT2D eigenvalue weighted by Crippen LogP contribution is -1.91. The van der Waals surface area contributed by atoms with Gasteiger partial charge in [-0.1, -0.05) is 30.9 Å². The number of carbonyl (C=O) groups is 1. The highest BCUT2D eigenvalue weighted by atomic mass is 16.1. The van der Waals surface area contributed by atoms with Crippen molar-refractivity contribution < 1.29 is 4.79 Å². The van der Waals surface area contributed by atoms with E-state index in [2.05, 4.69) is 22.8 Å². The number of unbranched alkanes of at least 4 members (excludes halogenated alkanes) is 1. The molecule has 0 saturated heterocycles. The maximum Gasteiger partial charge on any atom is 0.129 e. The van der Waals surface area contributed by atoms with Gasteiger partial charge >= 0.3 is 0 Å². The number of carbonyl (C=O) groups excluding carboxylic acids is 1. The van der Waals surface area contributed by atoms with Crippen LogP contribution in [0.1, 0.15) is 44.5 Å². The highest BCUT2D eigenvalue weighted by molar-refractivity contribution is 5.75. The first-order valence-electron chi connectivity index (χ1n) is 6.67. The summed E-state index contributed by atoms with van der Waals surface area (Å²) in [5.41, 5.74) is 3.08. The van der Waals surface area contributed by atoms with Crippen molar-refractivity contribution in [2.24, 2.45) is 0 Å². The van der Waals surface area contributed by atoms with E-state index in [9.17, 15) is 4.79 Å². The van der Waals surface area contributed by atoms with E-state index in [1.807, 2.05) is 25.2 Å². The number of nitrogens with zero attached hydrogens (tertiary/aromatic N) is 1. The van der Waals surface area contributed by atoms with Gasteiger partial charge in [0.2, 0.25) is 0 Å². The van der Waals surface area contributed by atoms with Gasteiger partial charge < -0.3 is 4.79 Å². The summed E-state index contributed by atoms with van der Waals surface area (Å²) in [6.45, 7) is 7.33. The minimum Gasteiger partial charge on any atom is -0.300 e. The minimum atomic E-state index is 0.259. The Morgan fingerprint density at radius 3 is 2.89 bits per heavy atom. The summed E-state index contributed by atoms with van der Waals surface area (Å²) in [4.78, 5) is 10.8. The fourth-order valence-corrected chi connectivity index (χ4v) is 1.86. The largest absolute Gasteiger partial charge is 0.300 e. The Bertz CT molecular complexity index is 481. The van der Waals surface area contributed by atoms with E-state index in [0.29, 0.717) is 6.42 Å². The summed E-state index contributed by atoms with van der Waals surface area (Å²) in [6.07, 6.45) is 11.2. The Morgan fingerprint density at radius 1 is 1.47 bits per heavy atom. The lowest BCUT2D eigenvalue weighted by molar-refractivity contribution is -0.117. The lowest BCUT2D eigenvalue weighted by Gasteiger charge is -1.96. The molecule has 0 aromatic carbocycles. The molecule has 1 heterocycles. The molecular formula is C16H22N2O. The number of hydrogen-bond donors (Lipinski definition) is 1. The predicted molar refractivity (Wildman–Crippen MR) is 79.8 cm³/mol. The zero-order chi connectivity index (χ0) is 14.1. The molecule has 0 aliphatic rings. The predicted octanol–water partition coefficient (Wildman–Crippen LogP) is 3.86. The van der Waals surface area contributed by atoms with Crippen molar-refractivity contribution in [1.29, 1.82) is 0 Å². The van der Waals surface area contributed by atoms with E-state index in [4.69, 9.17) is 0 Å². The Balaban J connectivity index is 2.58. The molecule has 0 aliphatic carbocycles. The van der Waals surface area contributed by atoms with Crippen molar-refractivity contribution in [2.75, 3.05) is 0 Å². The maximum atomic E-state index is 10.8. The fourth-order valence-electron chi connectivity index (χ4n) is 1.86. The molecule has 1 rings (SSSR count). The Morgan fingerprint density at radius 2 is 2.26 bits per heavy atom. The fraction of sp³-hybridized carbons (Fsp3) is 0.375. The third-order valence-corrected chi connectivity index (χ3v) is 2.80. The molecule has 0 unspecified atom stereocenters. The van der Waals surface area contributed by atoms with E-state index in [1.165, 1.54) is 0 Å². The first kappa shape index (κ1) is 15.2. The molecule has 3 heteroatoms. The first-order valence-corrected chi connectivity index (χ1v) is 6.67. The lowest BCUT2D eigenvalue weighted by atomic mass is 10.1. The van der Waals surface area contributed by atoms with Gasteiger partial charge in [-0.15, -0.1) is 0 Å². The van der Waals surface area contributed by atoms with Crippen LogP contribution in [0.25, 0.3) is 5.57 Å². The van der Waals surface area contributed by atoms with E-state index in [0.717, 1.165) is 36.2 Å². The monoisotopic (exact) mass is 258 g/mol. The Labute approximate surface area is 115 Å². The standard InChI is InChI=1S/C16H22N2O/c1-4-8-14(9-5-2)16-12-15(17-18-16)11-7-6-10-13(3)19/h4-5,8-9,12H,1,6-7,10-11H2,2-3H3,(H,17,18)/b9-5-,14-8+. The quantitative estimate of drug-likeness (QED) is 0.568. The number of aryl methyl sites for hydroxylation is 1. The summed E-state index contributed by atoms with van der Waals surface area (Å²) in [6, 6.07) is 2.06. The molecule has 102 valence electrons. The molecule has 1 aromatic rings. The average Bonchev–Trinajstić information content (AvgIpc) is 2.83. The van der Waals surface area contributed by atoms with Crippen LogP contribution < -0.4 is 0 Å². The third kappa shape index (κ3) is 5.51. The third-order valence-electron chi connectivity index (χ3n) is 2.80. The Hall–Kier alpha value is -1.90. The van der Waals surface area contributed by atoms with Gasteiger partial charge in [-0.05, 0) is 39.2 Å². The second kappa shape index (κ2) is 8.25. The van der Waals surface area contributed by atoms with Crippen molar-refractivity contribution in [3.8, 4) is 0 Å². The van der Waals surface area contributed by atoms with Gasteiger partial charge in [-0.25, -0.2) is 0 Å². The SMILES string of the molecule is C=C/C=C(\C=C/C)c1cc(CCCCC(C)=O)[nH]n1. The van der Waals surface area contributed by atoms with Crippen LogP contribution in [0, 0.1) is 0 Å². The zero-order valence-corrected chi connectivity index (χ0v) is 11.8. The second-order valence-corrected chi connectivity index (χ2v) is 4.55. The number of rotatable bonds is 8. The van der Waals surface area contributed by atoms with Crippen LogP contribution in [0.15, 0.2) is 36.9 Å².